The molecule has 0 bridgehead atoms. The summed E-state index contributed by atoms with van der Waals surface area (Å²) in [7, 11) is 0. The van der Waals surface area contributed by atoms with Gasteiger partial charge in [-0.25, -0.2) is 22.5 Å². The van der Waals surface area contributed by atoms with Gasteiger partial charge in [0.25, 0.3) is 5.91 Å². The van der Waals surface area contributed by atoms with Crippen LogP contribution >= 0.6 is 0 Å². The zero-order valence-corrected chi connectivity index (χ0v) is 15.3. The maximum atomic E-state index is 14.8. The predicted molar refractivity (Wildman–Crippen MR) is 104 cm³/mol. The van der Waals surface area contributed by atoms with Crippen molar-refractivity contribution in [1.29, 1.82) is 0 Å². The number of hydrogen-bond acceptors (Lipinski definition) is 4. The van der Waals surface area contributed by atoms with Crippen LogP contribution in [0.4, 0.5) is 34.8 Å². The van der Waals surface area contributed by atoms with E-state index in [1.54, 1.807) is 0 Å². The number of pyridine rings is 1. The number of nitrogens with one attached hydrogen (secondary N) is 1. The summed E-state index contributed by atoms with van der Waals surface area (Å²) in [6.45, 7) is 0. The van der Waals surface area contributed by atoms with Gasteiger partial charge in [0.2, 0.25) is 0 Å². The molecule has 1 heterocycles. The van der Waals surface area contributed by atoms with Crippen molar-refractivity contribution in [3.05, 3.63) is 82.1 Å². The first-order valence-electron chi connectivity index (χ1n) is 8.45. The molecule has 3 rings (SSSR count). The summed E-state index contributed by atoms with van der Waals surface area (Å²) in [6.07, 6.45) is 5.96. The number of terminal acetylenes is 1. The Hall–Kier alpha value is -4.06. The standard InChI is InChI=1S/C21H14F4N4O/c1-2-10-3-4-15(14(22)7-10)29-19-13(21(27)30)9-12(16(23)18(19)25)8-11-5-6-28-20(26)17(11)24/h1,3-7,9,29H,8H2,(H2,26,28)(H2,27,30). The molecule has 5 N–H and O–H groups in total. The molecule has 0 saturated carbocycles. The van der Waals surface area contributed by atoms with Crippen LogP contribution in [0, 0.1) is 35.6 Å². The van der Waals surface area contributed by atoms with Crippen molar-refractivity contribution in [2.45, 2.75) is 6.42 Å². The van der Waals surface area contributed by atoms with Crippen LogP contribution in [0.1, 0.15) is 27.0 Å². The minimum absolute atomic E-state index is 0.0622. The second kappa shape index (κ2) is 8.13. The first kappa shape index (κ1) is 20.7. The minimum atomic E-state index is -1.48. The van der Waals surface area contributed by atoms with E-state index < -0.39 is 52.7 Å². The Balaban J connectivity index is 2.08. The lowest BCUT2D eigenvalue weighted by molar-refractivity contribution is 0.100. The van der Waals surface area contributed by atoms with Gasteiger partial charge in [0.1, 0.15) is 5.82 Å². The first-order chi connectivity index (χ1) is 14.2. The lowest BCUT2D eigenvalue weighted by Gasteiger charge is -2.15. The molecule has 0 fully saturated rings. The fraction of sp³-hybridized carbons (Fsp3) is 0.0476. The Labute approximate surface area is 168 Å². The maximum absolute atomic E-state index is 14.8. The highest BCUT2D eigenvalue weighted by Crippen LogP contribution is 2.31. The molecule has 9 heteroatoms. The third kappa shape index (κ3) is 3.89. The van der Waals surface area contributed by atoms with Gasteiger partial charge in [0.15, 0.2) is 23.3 Å². The fourth-order valence-electron chi connectivity index (χ4n) is 2.81. The molecule has 0 aliphatic heterocycles. The number of halogens is 4. The number of carbonyl (C=O) groups excluding carboxylic acids is 1. The van der Waals surface area contributed by atoms with E-state index in [9.17, 15) is 22.4 Å². The number of nitrogens with two attached hydrogens (primary N) is 2. The van der Waals surface area contributed by atoms with Crippen LogP contribution in [-0.4, -0.2) is 10.9 Å². The van der Waals surface area contributed by atoms with Crippen LogP contribution in [-0.2, 0) is 6.42 Å². The Morgan fingerprint density at radius 2 is 1.80 bits per heavy atom. The molecule has 5 nitrogen and oxygen atoms in total. The predicted octanol–water partition coefficient (Wildman–Crippen LogP) is 3.63. The normalized spacial score (nSPS) is 10.5. The van der Waals surface area contributed by atoms with E-state index in [1.165, 1.54) is 24.4 Å². The molecule has 0 aliphatic carbocycles. The molecule has 0 aliphatic rings. The van der Waals surface area contributed by atoms with E-state index in [1.807, 2.05) is 0 Å². The lowest BCUT2D eigenvalue weighted by Crippen LogP contribution is -2.17. The van der Waals surface area contributed by atoms with Gasteiger partial charge in [0, 0.05) is 18.2 Å². The molecule has 0 radical (unpaired) electrons. The fourth-order valence-corrected chi connectivity index (χ4v) is 2.81. The van der Waals surface area contributed by atoms with E-state index in [-0.39, 0.29) is 22.4 Å². The summed E-state index contributed by atoms with van der Waals surface area (Å²) in [5, 5.41) is 2.33. The Morgan fingerprint density at radius 1 is 1.07 bits per heavy atom. The molecule has 3 aromatic rings. The molecular formula is C21H14F4N4O. The average molecular weight is 414 g/mol. The van der Waals surface area contributed by atoms with Gasteiger partial charge in [0.05, 0.1) is 16.9 Å². The Bertz CT molecular complexity index is 1200. The second-order valence-electron chi connectivity index (χ2n) is 6.26. The summed E-state index contributed by atoms with van der Waals surface area (Å²) < 4.78 is 57.8. The molecule has 1 aromatic heterocycles. The third-order valence-corrected chi connectivity index (χ3v) is 4.32. The molecule has 0 spiro atoms. The zero-order chi connectivity index (χ0) is 22.0. The maximum Gasteiger partial charge on any atom is 0.250 e. The summed E-state index contributed by atoms with van der Waals surface area (Å²) in [5.41, 5.74) is 9.13. The van der Waals surface area contributed by atoms with E-state index in [4.69, 9.17) is 17.9 Å². The van der Waals surface area contributed by atoms with Gasteiger partial charge in [-0.05, 0) is 41.5 Å². The number of primary amides is 1. The molecule has 30 heavy (non-hydrogen) atoms. The Kier molecular flexibility index (Phi) is 5.60. The van der Waals surface area contributed by atoms with Crippen molar-refractivity contribution in [2.24, 2.45) is 5.73 Å². The lowest BCUT2D eigenvalue weighted by atomic mass is 10.00. The van der Waals surface area contributed by atoms with Crippen molar-refractivity contribution < 1.29 is 22.4 Å². The van der Waals surface area contributed by atoms with E-state index in [0.29, 0.717) is 0 Å². The van der Waals surface area contributed by atoms with Gasteiger partial charge in [-0.1, -0.05) is 5.92 Å². The number of anilines is 3. The van der Waals surface area contributed by atoms with E-state index in [2.05, 4.69) is 16.2 Å². The quantitative estimate of drug-likeness (QED) is 0.439. The first-order valence-corrected chi connectivity index (χ1v) is 8.45. The SMILES string of the molecule is C#Cc1ccc(Nc2c(C(N)=O)cc(Cc3ccnc(N)c3F)c(F)c2F)c(F)c1. The average Bonchev–Trinajstić information content (AvgIpc) is 2.71. The Morgan fingerprint density at radius 3 is 2.43 bits per heavy atom. The number of amides is 1. The topological polar surface area (TPSA) is 94.0 Å². The summed E-state index contributed by atoms with van der Waals surface area (Å²) in [6, 6.07) is 5.78. The number of nitrogens with zero attached hydrogens (tertiary/aromatic N) is 1. The van der Waals surface area contributed by atoms with Gasteiger partial charge in [-0.2, -0.15) is 0 Å². The van der Waals surface area contributed by atoms with Crippen LogP contribution in [0.2, 0.25) is 0 Å². The van der Waals surface area contributed by atoms with Crippen LogP contribution < -0.4 is 16.8 Å². The largest absolute Gasteiger partial charge is 0.381 e. The molecule has 0 atom stereocenters. The number of benzene rings is 2. The van der Waals surface area contributed by atoms with Crippen molar-refractivity contribution in [2.75, 3.05) is 11.1 Å². The summed E-state index contributed by atoms with van der Waals surface area (Å²) >= 11 is 0. The highest BCUT2D eigenvalue weighted by Gasteiger charge is 2.23. The number of nitrogen functional groups attached to an aromatic ring is 1. The number of carbonyl (C=O) groups is 1. The molecule has 2 aromatic carbocycles. The second-order valence-corrected chi connectivity index (χ2v) is 6.26. The summed E-state index contributed by atoms with van der Waals surface area (Å²) in [5.74, 6) is -3.87. The minimum Gasteiger partial charge on any atom is -0.381 e. The van der Waals surface area contributed by atoms with Gasteiger partial charge in [-0.15, -0.1) is 6.42 Å². The van der Waals surface area contributed by atoms with E-state index in [0.717, 1.165) is 12.1 Å². The van der Waals surface area contributed by atoms with Gasteiger partial charge >= 0.3 is 0 Å². The number of rotatable bonds is 5. The van der Waals surface area contributed by atoms with Crippen LogP contribution in [0.5, 0.6) is 0 Å². The molecule has 0 saturated heterocycles. The molecule has 1 amide bonds. The zero-order valence-electron chi connectivity index (χ0n) is 15.3. The molecule has 152 valence electrons. The molecule has 0 unspecified atom stereocenters. The van der Waals surface area contributed by atoms with Crippen molar-refractivity contribution in [3.63, 3.8) is 0 Å². The van der Waals surface area contributed by atoms with Gasteiger partial charge in [-0.3, -0.25) is 4.79 Å². The van der Waals surface area contributed by atoms with Crippen LogP contribution in [0.25, 0.3) is 0 Å². The number of aromatic nitrogens is 1. The number of hydrogen-bond donors (Lipinski definition) is 3. The van der Waals surface area contributed by atoms with Gasteiger partial charge < -0.3 is 16.8 Å². The smallest absolute Gasteiger partial charge is 0.250 e. The van der Waals surface area contributed by atoms with Crippen molar-refractivity contribution in [3.8, 4) is 12.3 Å². The molecular weight excluding hydrogens is 400 g/mol. The highest BCUT2D eigenvalue weighted by molar-refractivity contribution is 5.99. The van der Waals surface area contributed by atoms with Crippen molar-refractivity contribution >= 4 is 23.1 Å². The third-order valence-electron chi connectivity index (χ3n) is 4.32. The summed E-state index contributed by atoms with van der Waals surface area (Å²) in [4.78, 5) is 15.4. The van der Waals surface area contributed by atoms with Crippen molar-refractivity contribution in [1.82, 2.24) is 4.98 Å². The van der Waals surface area contributed by atoms with E-state index >= 15 is 0 Å². The monoisotopic (exact) mass is 414 g/mol. The highest BCUT2D eigenvalue weighted by atomic mass is 19.2. The van der Waals surface area contributed by atoms with Crippen LogP contribution in [0.3, 0.4) is 0 Å². The van der Waals surface area contributed by atoms with Crippen LogP contribution in [0.15, 0.2) is 36.5 Å².